The Morgan fingerprint density at radius 3 is 2.86 bits per heavy atom. The lowest BCUT2D eigenvalue weighted by atomic mass is 10.2. The van der Waals surface area contributed by atoms with Gasteiger partial charge in [-0.1, -0.05) is 25.5 Å². The first kappa shape index (κ1) is 14.3. The predicted octanol–water partition coefficient (Wildman–Crippen LogP) is 4.23. The second kappa shape index (κ2) is 6.41. The van der Waals surface area contributed by atoms with Crippen LogP contribution in [0.15, 0.2) is 40.0 Å². The third-order valence-electron chi connectivity index (χ3n) is 3.10. The molecular weight excluding hydrogens is 300 g/mol. The molecule has 1 aromatic carbocycles. The van der Waals surface area contributed by atoms with Crippen LogP contribution in [-0.4, -0.2) is 22.0 Å². The first-order chi connectivity index (χ1) is 10.3. The molecule has 0 aliphatic rings. The number of anilines is 1. The second-order valence-electron chi connectivity index (χ2n) is 4.56. The predicted molar refractivity (Wildman–Crippen MR) is 89.3 cm³/mol. The maximum atomic E-state index is 4.67. The fourth-order valence-electron chi connectivity index (χ4n) is 2.15. The Bertz CT molecular complexity index is 721. The third kappa shape index (κ3) is 3.01. The van der Waals surface area contributed by atoms with Crippen molar-refractivity contribution in [1.29, 1.82) is 0 Å². The van der Waals surface area contributed by atoms with E-state index < -0.39 is 0 Å². The van der Waals surface area contributed by atoms with Crippen molar-refractivity contribution in [3.05, 3.63) is 36.2 Å². The van der Waals surface area contributed by atoms with Gasteiger partial charge < -0.3 is 5.32 Å². The Morgan fingerprint density at radius 2 is 2.10 bits per heavy atom. The SMILES string of the molecule is CCCc1c(NC)ncnc1Sc1nc2ccccc2s1. The molecule has 0 spiro atoms. The Labute approximate surface area is 132 Å². The van der Waals surface area contributed by atoms with Gasteiger partial charge in [0.25, 0.3) is 0 Å². The number of aromatic nitrogens is 3. The molecule has 21 heavy (non-hydrogen) atoms. The number of para-hydroxylation sites is 1. The van der Waals surface area contributed by atoms with E-state index in [4.69, 9.17) is 0 Å². The minimum absolute atomic E-state index is 0.912. The van der Waals surface area contributed by atoms with Crippen LogP contribution in [0.4, 0.5) is 5.82 Å². The number of hydrogen-bond acceptors (Lipinski definition) is 6. The molecule has 3 rings (SSSR count). The van der Waals surface area contributed by atoms with E-state index in [9.17, 15) is 0 Å². The van der Waals surface area contributed by atoms with E-state index in [0.717, 1.165) is 33.5 Å². The van der Waals surface area contributed by atoms with Gasteiger partial charge in [-0.3, -0.25) is 0 Å². The molecule has 3 aromatic rings. The van der Waals surface area contributed by atoms with Crippen molar-refractivity contribution < 1.29 is 0 Å². The summed E-state index contributed by atoms with van der Waals surface area (Å²) in [5.41, 5.74) is 2.22. The van der Waals surface area contributed by atoms with Crippen molar-refractivity contribution in [2.75, 3.05) is 12.4 Å². The number of nitrogens with one attached hydrogen (secondary N) is 1. The van der Waals surface area contributed by atoms with Gasteiger partial charge in [-0.25, -0.2) is 15.0 Å². The molecule has 0 saturated heterocycles. The summed E-state index contributed by atoms with van der Waals surface area (Å²) in [4.78, 5) is 13.4. The van der Waals surface area contributed by atoms with E-state index in [1.54, 1.807) is 29.4 Å². The minimum atomic E-state index is 0.912. The quantitative estimate of drug-likeness (QED) is 0.714. The Kier molecular flexibility index (Phi) is 4.36. The molecule has 2 aromatic heterocycles. The largest absolute Gasteiger partial charge is 0.373 e. The maximum absolute atomic E-state index is 4.67. The number of nitrogens with zero attached hydrogens (tertiary/aromatic N) is 3. The highest BCUT2D eigenvalue weighted by molar-refractivity contribution is 8.01. The summed E-state index contributed by atoms with van der Waals surface area (Å²) >= 11 is 3.33. The molecule has 6 heteroatoms. The zero-order valence-electron chi connectivity index (χ0n) is 12.0. The van der Waals surface area contributed by atoms with Crippen LogP contribution in [0.2, 0.25) is 0 Å². The topological polar surface area (TPSA) is 50.7 Å². The zero-order valence-corrected chi connectivity index (χ0v) is 13.6. The minimum Gasteiger partial charge on any atom is -0.373 e. The number of thiazole rings is 1. The first-order valence-electron chi connectivity index (χ1n) is 6.87. The van der Waals surface area contributed by atoms with Crippen molar-refractivity contribution in [2.24, 2.45) is 0 Å². The van der Waals surface area contributed by atoms with Crippen LogP contribution in [0, 0.1) is 0 Å². The molecule has 4 nitrogen and oxygen atoms in total. The lowest BCUT2D eigenvalue weighted by Crippen LogP contribution is -2.02. The van der Waals surface area contributed by atoms with Crippen LogP contribution in [0.1, 0.15) is 18.9 Å². The summed E-state index contributed by atoms with van der Waals surface area (Å²) in [5.74, 6) is 0.912. The number of rotatable bonds is 5. The highest BCUT2D eigenvalue weighted by Crippen LogP contribution is 2.36. The van der Waals surface area contributed by atoms with Gasteiger partial charge in [-0.05, 0) is 30.3 Å². The van der Waals surface area contributed by atoms with Crippen molar-refractivity contribution in [3.63, 3.8) is 0 Å². The van der Waals surface area contributed by atoms with Gasteiger partial charge in [0.1, 0.15) is 17.2 Å². The van der Waals surface area contributed by atoms with E-state index >= 15 is 0 Å². The monoisotopic (exact) mass is 316 g/mol. The van der Waals surface area contributed by atoms with Crippen molar-refractivity contribution in [3.8, 4) is 0 Å². The summed E-state index contributed by atoms with van der Waals surface area (Å²) in [6, 6.07) is 8.20. The Morgan fingerprint density at radius 1 is 1.24 bits per heavy atom. The van der Waals surface area contributed by atoms with Gasteiger partial charge in [0.2, 0.25) is 0 Å². The fraction of sp³-hybridized carbons (Fsp3) is 0.267. The van der Waals surface area contributed by atoms with E-state index in [2.05, 4.69) is 33.3 Å². The molecule has 0 fully saturated rings. The molecular formula is C15H16N4S2. The summed E-state index contributed by atoms with van der Waals surface area (Å²) in [6.07, 6.45) is 3.64. The lowest BCUT2D eigenvalue weighted by Gasteiger charge is -2.10. The average Bonchev–Trinajstić information content (AvgIpc) is 2.91. The molecule has 2 heterocycles. The molecule has 0 unspecified atom stereocenters. The molecule has 108 valence electrons. The Hall–Kier alpha value is -1.66. The van der Waals surface area contributed by atoms with Crippen molar-refractivity contribution in [2.45, 2.75) is 29.1 Å². The van der Waals surface area contributed by atoms with Crippen LogP contribution in [0.3, 0.4) is 0 Å². The van der Waals surface area contributed by atoms with Crippen molar-refractivity contribution in [1.82, 2.24) is 15.0 Å². The second-order valence-corrected chi connectivity index (χ2v) is 6.82. The molecule has 0 amide bonds. The van der Waals surface area contributed by atoms with Gasteiger partial charge in [0.05, 0.1) is 10.2 Å². The van der Waals surface area contributed by atoms with Crippen LogP contribution in [0.25, 0.3) is 10.2 Å². The van der Waals surface area contributed by atoms with Crippen LogP contribution in [0.5, 0.6) is 0 Å². The highest BCUT2D eigenvalue weighted by atomic mass is 32.2. The standard InChI is InChI=1S/C15H16N4S2/c1-3-6-10-13(16-2)17-9-18-14(10)21-15-19-11-7-4-5-8-12(11)20-15/h4-5,7-9H,3,6H2,1-2H3,(H,16,17,18). The van der Waals surface area contributed by atoms with Crippen LogP contribution in [-0.2, 0) is 6.42 Å². The van der Waals surface area contributed by atoms with E-state index in [0.29, 0.717) is 0 Å². The van der Waals surface area contributed by atoms with Gasteiger partial charge in [-0.2, -0.15) is 0 Å². The number of hydrogen-bond donors (Lipinski definition) is 1. The van der Waals surface area contributed by atoms with Crippen LogP contribution >= 0.6 is 23.1 Å². The fourth-order valence-corrected chi connectivity index (χ4v) is 4.25. The van der Waals surface area contributed by atoms with Crippen molar-refractivity contribution >= 4 is 39.1 Å². The smallest absolute Gasteiger partial charge is 0.157 e. The Balaban J connectivity index is 1.96. The van der Waals surface area contributed by atoms with E-state index in [1.165, 1.54) is 10.3 Å². The molecule has 0 radical (unpaired) electrons. The molecule has 0 bridgehead atoms. The van der Waals surface area contributed by atoms with Gasteiger partial charge in [0.15, 0.2) is 4.34 Å². The molecule has 0 aliphatic heterocycles. The summed E-state index contributed by atoms with van der Waals surface area (Å²) in [7, 11) is 1.90. The van der Waals surface area contributed by atoms with E-state index in [-0.39, 0.29) is 0 Å². The maximum Gasteiger partial charge on any atom is 0.157 e. The van der Waals surface area contributed by atoms with Gasteiger partial charge >= 0.3 is 0 Å². The normalized spacial score (nSPS) is 11.0. The summed E-state index contributed by atoms with van der Waals surface area (Å²) in [5, 5.41) is 4.15. The number of benzene rings is 1. The molecule has 0 aliphatic carbocycles. The van der Waals surface area contributed by atoms with Crippen LogP contribution < -0.4 is 5.32 Å². The third-order valence-corrected chi connectivity index (χ3v) is 5.24. The van der Waals surface area contributed by atoms with E-state index in [1.807, 2.05) is 25.2 Å². The number of fused-ring (bicyclic) bond motifs is 1. The summed E-state index contributed by atoms with van der Waals surface area (Å²) in [6.45, 7) is 2.17. The zero-order chi connectivity index (χ0) is 14.7. The summed E-state index contributed by atoms with van der Waals surface area (Å²) < 4.78 is 2.23. The average molecular weight is 316 g/mol. The van der Waals surface area contributed by atoms with Gasteiger partial charge in [-0.15, -0.1) is 11.3 Å². The first-order valence-corrected chi connectivity index (χ1v) is 8.50. The lowest BCUT2D eigenvalue weighted by molar-refractivity contribution is 0.858. The highest BCUT2D eigenvalue weighted by Gasteiger charge is 2.13. The van der Waals surface area contributed by atoms with Gasteiger partial charge in [0, 0.05) is 12.6 Å². The molecule has 0 atom stereocenters. The molecule has 0 saturated carbocycles. The molecule has 1 N–H and O–H groups in total.